The van der Waals surface area contributed by atoms with Crippen LogP contribution in [0.15, 0.2) is 60.4 Å². The molecule has 0 bridgehead atoms. The molecule has 234 valence electrons. The summed E-state index contributed by atoms with van der Waals surface area (Å²) in [5.41, 5.74) is 2.26. The Balaban J connectivity index is 1.20. The Morgan fingerprint density at radius 1 is 0.909 bits per heavy atom. The maximum Gasteiger partial charge on any atom is 0.412 e. The highest BCUT2D eigenvalue weighted by molar-refractivity contribution is 6.14. The van der Waals surface area contributed by atoms with Crippen molar-refractivity contribution in [2.24, 2.45) is 0 Å². The lowest BCUT2D eigenvalue weighted by molar-refractivity contribution is 0.101. The molecule has 3 aromatic rings. The van der Waals surface area contributed by atoms with Gasteiger partial charge in [-0.2, -0.15) is 0 Å². The molecule has 0 atom stereocenters. The summed E-state index contributed by atoms with van der Waals surface area (Å²) in [6.45, 7) is 2.31. The van der Waals surface area contributed by atoms with Crippen LogP contribution in [0.5, 0.6) is 34.5 Å². The van der Waals surface area contributed by atoms with E-state index in [1.165, 1.54) is 14.2 Å². The molecule has 0 saturated carbocycles. The van der Waals surface area contributed by atoms with Gasteiger partial charge in [0, 0.05) is 19.7 Å². The SMILES string of the molecule is CNC(=O)Oc1cccc(CN(C)CCCCCCOc2ccc3c(c2)O/C(=C\c2cc(OC)c(OC)c(OC)c2)C3=O)c1. The van der Waals surface area contributed by atoms with Crippen molar-refractivity contribution in [1.29, 1.82) is 0 Å². The minimum Gasteiger partial charge on any atom is -0.493 e. The number of amides is 1. The van der Waals surface area contributed by atoms with Crippen LogP contribution in [-0.4, -0.2) is 65.4 Å². The van der Waals surface area contributed by atoms with Crippen LogP contribution in [0.1, 0.15) is 47.2 Å². The van der Waals surface area contributed by atoms with E-state index in [0.29, 0.717) is 52.2 Å². The third-order valence-electron chi connectivity index (χ3n) is 7.09. The number of rotatable bonds is 15. The van der Waals surface area contributed by atoms with Gasteiger partial charge in [-0.3, -0.25) is 4.79 Å². The fourth-order valence-electron chi connectivity index (χ4n) is 4.88. The molecule has 0 unspecified atom stereocenters. The fraction of sp³-hybridized carbons (Fsp3) is 0.353. The number of ketones is 1. The lowest BCUT2D eigenvalue weighted by atomic mass is 10.1. The Kier molecular flexibility index (Phi) is 11.5. The monoisotopic (exact) mass is 604 g/mol. The molecule has 1 aliphatic rings. The van der Waals surface area contributed by atoms with Gasteiger partial charge in [0.1, 0.15) is 17.2 Å². The van der Waals surface area contributed by atoms with Crippen molar-refractivity contribution in [2.45, 2.75) is 32.2 Å². The first-order valence-corrected chi connectivity index (χ1v) is 14.5. The molecule has 0 aliphatic carbocycles. The zero-order valence-electron chi connectivity index (χ0n) is 25.9. The van der Waals surface area contributed by atoms with E-state index in [1.54, 1.807) is 56.7 Å². The number of methoxy groups -OCH3 is 3. The third kappa shape index (κ3) is 8.44. The summed E-state index contributed by atoms with van der Waals surface area (Å²) in [5.74, 6) is 3.12. The van der Waals surface area contributed by atoms with E-state index >= 15 is 0 Å². The highest BCUT2D eigenvalue weighted by Crippen LogP contribution is 2.40. The Morgan fingerprint density at radius 3 is 2.36 bits per heavy atom. The minimum atomic E-state index is -0.477. The van der Waals surface area contributed by atoms with Crippen LogP contribution in [-0.2, 0) is 6.54 Å². The zero-order valence-corrected chi connectivity index (χ0v) is 25.9. The van der Waals surface area contributed by atoms with E-state index in [4.69, 9.17) is 28.4 Å². The van der Waals surface area contributed by atoms with E-state index < -0.39 is 6.09 Å². The lowest BCUT2D eigenvalue weighted by Gasteiger charge is -2.17. The van der Waals surface area contributed by atoms with Crippen molar-refractivity contribution in [3.8, 4) is 34.5 Å². The molecule has 0 saturated heterocycles. The first-order chi connectivity index (χ1) is 21.3. The van der Waals surface area contributed by atoms with Crippen molar-refractivity contribution in [2.75, 3.05) is 48.6 Å². The average Bonchev–Trinajstić information content (AvgIpc) is 3.33. The zero-order chi connectivity index (χ0) is 31.5. The summed E-state index contributed by atoms with van der Waals surface area (Å²) in [6.07, 6.45) is 5.31. The number of allylic oxidation sites excluding steroid dienone is 1. The van der Waals surface area contributed by atoms with Gasteiger partial charge in [-0.25, -0.2) is 4.79 Å². The van der Waals surface area contributed by atoms with E-state index in [0.717, 1.165) is 44.3 Å². The van der Waals surface area contributed by atoms with Crippen molar-refractivity contribution < 1.29 is 38.0 Å². The summed E-state index contributed by atoms with van der Waals surface area (Å²) in [6, 6.07) is 16.4. The summed E-state index contributed by atoms with van der Waals surface area (Å²) in [4.78, 5) is 26.7. The standard InChI is InChI=1S/C34H40N2O8/c1-35-34(38)43-26-12-10-11-23(17-26)22-36(2)15-8-6-7-9-16-42-25-13-14-27-28(21-25)44-29(32(27)37)18-24-19-30(39-3)33(41-5)31(20-24)40-4/h10-14,17-21H,6-9,15-16,22H2,1-5H3,(H,35,38)/b29-18-. The summed E-state index contributed by atoms with van der Waals surface area (Å²) < 4.78 is 33.3. The molecular weight excluding hydrogens is 564 g/mol. The number of ether oxygens (including phenoxy) is 6. The van der Waals surface area contributed by atoms with Gasteiger partial charge in [-0.05, 0) is 80.0 Å². The van der Waals surface area contributed by atoms with E-state index in [2.05, 4.69) is 17.3 Å². The highest BCUT2D eigenvalue weighted by atomic mass is 16.6. The molecule has 0 spiro atoms. The molecule has 3 aromatic carbocycles. The van der Waals surface area contributed by atoms with Gasteiger partial charge in [0.15, 0.2) is 17.3 Å². The molecule has 44 heavy (non-hydrogen) atoms. The Bertz CT molecular complexity index is 1460. The molecule has 0 radical (unpaired) electrons. The maximum atomic E-state index is 13.0. The van der Waals surface area contributed by atoms with Crippen molar-refractivity contribution in [3.05, 3.63) is 77.0 Å². The molecule has 1 aliphatic heterocycles. The molecule has 0 fully saturated rings. The summed E-state index contributed by atoms with van der Waals surface area (Å²) in [7, 11) is 8.24. The van der Waals surface area contributed by atoms with Gasteiger partial charge in [-0.1, -0.05) is 25.0 Å². The summed E-state index contributed by atoms with van der Waals surface area (Å²) in [5, 5.41) is 2.45. The molecule has 0 aromatic heterocycles. The number of unbranched alkanes of at least 4 members (excludes halogenated alkanes) is 3. The largest absolute Gasteiger partial charge is 0.493 e. The van der Waals surface area contributed by atoms with Crippen LogP contribution in [0.25, 0.3) is 6.08 Å². The number of hydrogen-bond donors (Lipinski definition) is 1. The molecular formula is C34H40N2O8. The Labute approximate surface area is 258 Å². The van der Waals surface area contributed by atoms with Crippen LogP contribution in [0, 0.1) is 0 Å². The van der Waals surface area contributed by atoms with Gasteiger partial charge in [0.2, 0.25) is 11.5 Å². The Hall–Kier alpha value is -4.70. The van der Waals surface area contributed by atoms with Gasteiger partial charge < -0.3 is 38.6 Å². The number of benzene rings is 3. The molecule has 1 heterocycles. The number of carbonyl (C=O) groups excluding carboxylic acids is 2. The maximum absolute atomic E-state index is 13.0. The van der Waals surface area contributed by atoms with Crippen LogP contribution in [0.3, 0.4) is 0 Å². The molecule has 10 nitrogen and oxygen atoms in total. The van der Waals surface area contributed by atoms with Crippen molar-refractivity contribution >= 4 is 18.0 Å². The second-order valence-electron chi connectivity index (χ2n) is 10.3. The smallest absolute Gasteiger partial charge is 0.412 e. The molecule has 1 amide bonds. The van der Waals surface area contributed by atoms with Gasteiger partial charge in [0.05, 0.1) is 33.5 Å². The third-order valence-corrected chi connectivity index (χ3v) is 7.09. The van der Waals surface area contributed by atoms with Gasteiger partial charge in [-0.15, -0.1) is 0 Å². The average molecular weight is 605 g/mol. The predicted molar refractivity (Wildman–Crippen MR) is 167 cm³/mol. The molecule has 10 heteroatoms. The van der Waals surface area contributed by atoms with Crippen molar-refractivity contribution in [1.82, 2.24) is 10.2 Å². The first-order valence-electron chi connectivity index (χ1n) is 14.5. The van der Waals surface area contributed by atoms with E-state index in [-0.39, 0.29) is 11.5 Å². The normalized spacial score (nSPS) is 13.0. The number of hydrogen-bond acceptors (Lipinski definition) is 9. The lowest BCUT2D eigenvalue weighted by Crippen LogP contribution is -2.22. The first kappa shape index (κ1) is 32.2. The summed E-state index contributed by atoms with van der Waals surface area (Å²) >= 11 is 0. The number of nitrogens with one attached hydrogen (secondary N) is 1. The van der Waals surface area contributed by atoms with Crippen LogP contribution in [0.2, 0.25) is 0 Å². The highest BCUT2D eigenvalue weighted by Gasteiger charge is 2.28. The number of fused-ring (bicyclic) bond motifs is 1. The fourth-order valence-corrected chi connectivity index (χ4v) is 4.88. The van der Waals surface area contributed by atoms with Crippen LogP contribution < -0.4 is 33.7 Å². The number of nitrogens with zero attached hydrogens (tertiary/aromatic N) is 1. The van der Waals surface area contributed by atoms with E-state index in [1.807, 2.05) is 18.2 Å². The number of Topliss-reactive ketones (excluding diaryl/α,β-unsaturated/α-hetero) is 1. The second-order valence-corrected chi connectivity index (χ2v) is 10.3. The van der Waals surface area contributed by atoms with Gasteiger partial charge >= 0.3 is 6.09 Å². The van der Waals surface area contributed by atoms with Gasteiger partial charge in [0.25, 0.3) is 0 Å². The predicted octanol–water partition coefficient (Wildman–Crippen LogP) is 6.12. The van der Waals surface area contributed by atoms with Crippen molar-refractivity contribution in [3.63, 3.8) is 0 Å². The van der Waals surface area contributed by atoms with Crippen LogP contribution in [0.4, 0.5) is 4.79 Å². The van der Waals surface area contributed by atoms with E-state index in [9.17, 15) is 9.59 Å². The Morgan fingerprint density at radius 2 is 1.66 bits per heavy atom. The molecule has 4 rings (SSSR count). The topological polar surface area (TPSA) is 105 Å². The minimum absolute atomic E-state index is 0.199. The quantitative estimate of drug-likeness (QED) is 0.162. The second kappa shape index (κ2) is 15.7. The molecule has 1 N–H and O–H groups in total. The number of carbonyl (C=O) groups is 2. The van der Waals surface area contributed by atoms with Crippen LogP contribution >= 0.6 is 0 Å².